The number of methoxy groups -OCH3 is 1. The third-order valence-corrected chi connectivity index (χ3v) is 7.91. The number of ether oxygens (including phenoxy) is 1. The van der Waals surface area contributed by atoms with E-state index in [1.165, 1.54) is 13.3 Å². The number of likely N-dealkylation sites (tertiary alicyclic amines) is 1. The molecule has 2 aromatic carbocycles. The van der Waals surface area contributed by atoms with E-state index in [0.29, 0.717) is 67.5 Å². The fourth-order valence-corrected chi connectivity index (χ4v) is 5.56. The van der Waals surface area contributed by atoms with Crippen LogP contribution in [-0.2, 0) is 17.9 Å². The molecule has 0 saturated carbocycles. The molecule has 1 fully saturated rings. The van der Waals surface area contributed by atoms with Crippen molar-refractivity contribution in [2.24, 2.45) is 5.41 Å². The molecule has 3 aromatic rings. The number of hydrogen-bond acceptors (Lipinski definition) is 5. The summed E-state index contributed by atoms with van der Waals surface area (Å²) >= 11 is 0. The molecule has 1 unspecified atom stereocenters. The minimum absolute atomic E-state index is 0.0710. The molecule has 11 heteroatoms. The van der Waals surface area contributed by atoms with Crippen molar-refractivity contribution in [2.75, 3.05) is 26.7 Å². The number of carbonyl (C=O) groups is 1. The Balaban J connectivity index is 1.41. The van der Waals surface area contributed by atoms with Gasteiger partial charge in [0.2, 0.25) is 5.91 Å². The summed E-state index contributed by atoms with van der Waals surface area (Å²) in [4.78, 5) is 19.1. The number of amides is 1. The number of benzene rings is 2. The third kappa shape index (κ3) is 6.36. The number of alkyl halides is 2. The van der Waals surface area contributed by atoms with E-state index in [-0.39, 0.29) is 24.0 Å². The molecule has 1 atom stereocenters. The van der Waals surface area contributed by atoms with Crippen LogP contribution in [0.5, 0.6) is 5.75 Å². The van der Waals surface area contributed by atoms with Crippen LogP contribution in [0.3, 0.4) is 0 Å². The number of aryl methyl sites for hydroxylation is 1. The molecule has 1 aliphatic heterocycles. The van der Waals surface area contributed by atoms with E-state index in [1.54, 1.807) is 23.7 Å². The molecule has 1 aromatic heterocycles. The van der Waals surface area contributed by atoms with Gasteiger partial charge in [-0.1, -0.05) is 0 Å². The molecule has 1 amide bonds. The van der Waals surface area contributed by atoms with Crippen LogP contribution in [0.15, 0.2) is 36.5 Å². The molecule has 1 saturated heterocycles. The van der Waals surface area contributed by atoms with Crippen molar-refractivity contribution < 1.29 is 36.7 Å². The number of nitrogens with one attached hydrogen (secondary N) is 1. The number of fused-ring (bicyclic) bond motifs is 1. The van der Waals surface area contributed by atoms with Crippen molar-refractivity contribution in [1.82, 2.24) is 15.4 Å². The summed E-state index contributed by atoms with van der Waals surface area (Å²) in [6.45, 7) is 0.654. The average Bonchev–Trinajstić information content (AvgIpc) is 2.97. The maximum atomic E-state index is 15.8. The van der Waals surface area contributed by atoms with Crippen molar-refractivity contribution >= 4 is 16.8 Å². The first-order valence-electron chi connectivity index (χ1n) is 13.2. The van der Waals surface area contributed by atoms with E-state index in [9.17, 15) is 27.6 Å². The lowest BCUT2D eigenvalue weighted by Gasteiger charge is -2.40. The monoisotopic (exact) mass is 565 g/mol. The number of rotatable bonds is 11. The van der Waals surface area contributed by atoms with Crippen molar-refractivity contribution in [1.29, 1.82) is 0 Å². The maximum Gasteiger partial charge on any atom is 0.249 e. The van der Waals surface area contributed by atoms with Crippen LogP contribution >= 0.6 is 0 Å². The molecular weight excluding hydrogens is 533 g/mol. The molecular formula is C29H32F5N3O3. The number of aromatic nitrogens is 1. The smallest absolute Gasteiger partial charge is 0.249 e. The molecule has 216 valence electrons. The summed E-state index contributed by atoms with van der Waals surface area (Å²) in [6.07, 6.45) is 1.40. The summed E-state index contributed by atoms with van der Waals surface area (Å²) < 4.78 is 75.0. The van der Waals surface area contributed by atoms with Gasteiger partial charge >= 0.3 is 0 Å². The number of carbonyl (C=O) groups excluding carboxylic acids is 1. The van der Waals surface area contributed by atoms with Crippen LogP contribution in [0.25, 0.3) is 10.9 Å². The first-order valence-corrected chi connectivity index (χ1v) is 13.2. The van der Waals surface area contributed by atoms with E-state index in [0.717, 1.165) is 12.1 Å². The van der Waals surface area contributed by atoms with E-state index in [2.05, 4.69) is 9.88 Å². The molecule has 4 rings (SSSR count). The summed E-state index contributed by atoms with van der Waals surface area (Å²) in [7, 11) is 1.48. The maximum absolute atomic E-state index is 15.8. The van der Waals surface area contributed by atoms with E-state index < -0.39 is 41.6 Å². The highest BCUT2D eigenvalue weighted by atomic mass is 19.2. The largest absolute Gasteiger partial charge is 0.497 e. The van der Waals surface area contributed by atoms with Crippen molar-refractivity contribution in [2.45, 2.75) is 51.4 Å². The lowest BCUT2D eigenvalue weighted by molar-refractivity contribution is -0.143. The van der Waals surface area contributed by atoms with Gasteiger partial charge in [0.15, 0.2) is 17.5 Å². The van der Waals surface area contributed by atoms with Crippen molar-refractivity contribution in [3.63, 3.8) is 0 Å². The Morgan fingerprint density at radius 1 is 1.18 bits per heavy atom. The molecule has 1 aliphatic rings. The lowest BCUT2D eigenvalue weighted by atomic mass is 9.73. The van der Waals surface area contributed by atoms with Gasteiger partial charge in [0.1, 0.15) is 18.6 Å². The number of hydroxylamine groups is 1. The Bertz CT molecular complexity index is 1320. The van der Waals surface area contributed by atoms with Gasteiger partial charge < -0.3 is 9.64 Å². The van der Waals surface area contributed by atoms with E-state index in [1.807, 2.05) is 0 Å². The van der Waals surface area contributed by atoms with Crippen molar-refractivity contribution in [3.8, 4) is 5.75 Å². The van der Waals surface area contributed by atoms with Crippen LogP contribution in [0.1, 0.15) is 55.0 Å². The highest BCUT2D eigenvalue weighted by molar-refractivity contribution is 5.85. The summed E-state index contributed by atoms with van der Waals surface area (Å²) in [5.74, 6) is -4.06. The molecule has 0 aliphatic carbocycles. The minimum atomic E-state index is -1.58. The number of pyridine rings is 1. The Hall–Kier alpha value is -3.31. The fraction of sp³-hybridized carbons (Fsp3) is 0.448. The molecule has 0 bridgehead atoms. The second-order valence-electron chi connectivity index (χ2n) is 10.3. The van der Waals surface area contributed by atoms with Gasteiger partial charge in [-0.05, 0) is 94.1 Å². The van der Waals surface area contributed by atoms with Crippen LogP contribution in [0, 0.1) is 22.9 Å². The second kappa shape index (κ2) is 12.9. The summed E-state index contributed by atoms with van der Waals surface area (Å²) in [5.41, 5.74) is 1.87. The predicted octanol–water partition coefficient (Wildman–Crippen LogP) is 6.14. The quantitative estimate of drug-likeness (QED) is 0.126. The molecule has 2 heterocycles. The first-order chi connectivity index (χ1) is 19.2. The van der Waals surface area contributed by atoms with Gasteiger partial charge in [0, 0.05) is 22.7 Å². The van der Waals surface area contributed by atoms with Crippen LogP contribution in [0.2, 0.25) is 0 Å². The average molecular weight is 566 g/mol. The van der Waals surface area contributed by atoms with Crippen LogP contribution < -0.4 is 10.2 Å². The summed E-state index contributed by atoms with van der Waals surface area (Å²) in [5, 5.41) is 9.89. The number of nitrogens with zero attached hydrogens (tertiary/aromatic N) is 2. The lowest BCUT2D eigenvalue weighted by Crippen LogP contribution is -2.48. The SMILES string of the molecule is COc1ccc2ncc(CF)c(C(F)CCC3(C(=O)NO)CCN(CCCc4cc(F)c(F)c(F)c4)CC3)c2c1. The van der Waals surface area contributed by atoms with Crippen LogP contribution in [0.4, 0.5) is 22.0 Å². The standard InChI is InChI=1S/C29H32F5N3O3/c1-40-20-4-5-25-21(15-20)26(19(16-30)17-35-25)22(31)6-7-29(28(38)36-39)8-11-37(12-9-29)10-2-3-18-13-23(32)27(34)24(33)14-18/h4-5,13-15,17,22,39H,2-3,6-12,16H2,1H3,(H,36,38). The van der Waals surface area contributed by atoms with E-state index in [4.69, 9.17) is 4.74 Å². The van der Waals surface area contributed by atoms with Gasteiger partial charge in [0.05, 0.1) is 18.0 Å². The Kier molecular flexibility index (Phi) is 9.57. The number of piperidine rings is 1. The molecule has 0 radical (unpaired) electrons. The highest BCUT2D eigenvalue weighted by Crippen LogP contribution is 2.41. The van der Waals surface area contributed by atoms with Gasteiger partial charge in [-0.2, -0.15) is 0 Å². The third-order valence-electron chi connectivity index (χ3n) is 7.91. The van der Waals surface area contributed by atoms with Crippen LogP contribution in [-0.4, -0.2) is 47.7 Å². The number of halogens is 5. The van der Waals surface area contributed by atoms with Gasteiger partial charge in [0.25, 0.3) is 0 Å². The van der Waals surface area contributed by atoms with Crippen molar-refractivity contribution in [3.05, 3.63) is 70.7 Å². The topological polar surface area (TPSA) is 74.7 Å². The first kappa shape index (κ1) is 29.7. The molecule has 0 spiro atoms. The van der Waals surface area contributed by atoms with Gasteiger partial charge in [-0.3, -0.25) is 15.0 Å². The summed E-state index contributed by atoms with van der Waals surface area (Å²) in [6, 6.07) is 6.94. The normalized spacial score (nSPS) is 16.2. The fourth-order valence-electron chi connectivity index (χ4n) is 5.56. The zero-order valence-corrected chi connectivity index (χ0v) is 22.2. The van der Waals surface area contributed by atoms with Gasteiger partial charge in [-0.25, -0.2) is 27.4 Å². The minimum Gasteiger partial charge on any atom is -0.497 e. The number of hydrogen-bond donors (Lipinski definition) is 2. The Labute approximate surface area is 229 Å². The predicted molar refractivity (Wildman–Crippen MR) is 139 cm³/mol. The van der Waals surface area contributed by atoms with Gasteiger partial charge in [-0.15, -0.1) is 0 Å². The second-order valence-corrected chi connectivity index (χ2v) is 10.3. The highest BCUT2D eigenvalue weighted by Gasteiger charge is 2.41. The Morgan fingerprint density at radius 2 is 1.88 bits per heavy atom. The zero-order chi connectivity index (χ0) is 28.9. The molecule has 6 nitrogen and oxygen atoms in total. The molecule has 40 heavy (non-hydrogen) atoms. The Morgan fingerprint density at radius 3 is 2.50 bits per heavy atom. The zero-order valence-electron chi connectivity index (χ0n) is 22.2. The molecule has 2 N–H and O–H groups in total. The van der Waals surface area contributed by atoms with E-state index >= 15 is 4.39 Å².